The lowest BCUT2D eigenvalue weighted by Gasteiger charge is -2.29. The quantitative estimate of drug-likeness (QED) is 0.691. The minimum Gasteiger partial charge on any atom is -0.496 e. The number of benzene rings is 2. The predicted molar refractivity (Wildman–Crippen MR) is 122 cm³/mol. The number of nitrogens with one attached hydrogen (secondary N) is 1. The van der Waals surface area contributed by atoms with Crippen LogP contribution in [0.4, 0.5) is 0 Å². The third-order valence-electron chi connectivity index (χ3n) is 6.01. The molecule has 0 unspecified atom stereocenters. The van der Waals surface area contributed by atoms with E-state index in [1.807, 2.05) is 32.0 Å². The average molecular weight is 445 g/mol. The molecule has 0 saturated carbocycles. The van der Waals surface area contributed by atoms with Gasteiger partial charge in [0.15, 0.2) is 0 Å². The van der Waals surface area contributed by atoms with Crippen LogP contribution in [0.15, 0.2) is 47.4 Å². The molecule has 1 N–H and O–H groups in total. The number of hydrogen-bond donors (Lipinski definition) is 1. The van der Waals surface area contributed by atoms with Crippen molar-refractivity contribution < 1.29 is 17.9 Å². The molecule has 1 heterocycles. The fraction of sp³-hybridized carbons (Fsp3) is 0.458. The van der Waals surface area contributed by atoms with Crippen LogP contribution in [0.2, 0.25) is 0 Å². The van der Waals surface area contributed by atoms with Crippen LogP contribution in [0, 0.1) is 12.8 Å². The molecule has 0 bridgehead atoms. The van der Waals surface area contributed by atoms with Gasteiger partial charge in [0, 0.05) is 18.7 Å². The first-order valence-corrected chi connectivity index (χ1v) is 12.3. The molecular formula is C24H32N2O4S. The topological polar surface area (TPSA) is 75.7 Å². The molecule has 1 aliphatic heterocycles. The normalized spacial score (nSPS) is 16.6. The standard InChI is InChI=1S/C24H32N2O4S/c1-5-22(19-9-10-23(30-4)18(3)15-19)25-24(27)20-7-6-8-21(16-20)31(28,29)26-13-11-17(2)12-14-26/h6-10,15-17,22H,5,11-14H2,1-4H3,(H,25,27)/t22-/m1/s1. The maximum Gasteiger partial charge on any atom is 0.251 e. The predicted octanol–water partition coefficient (Wildman–Crippen LogP) is 4.31. The Hall–Kier alpha value is -2.38. The number of sulfonamides is 1. The molecule has 0 aliphatic carbocycles. The van der Waals surface area contributed by atoms with Gasteiger partial charge in [-0.2, -0.15) is 4.31 Å². The number of amides is 1. The fourth-order valence-corrected chi connectivity index (χ4v) is 5.47. The van der Waals surface area contributed by atoms with Gasteiger partial charge in [-0.1, -0.05) is 32.0 Å². The van der Waals surface area contributed by atoms with E-state index >= 15 is 0 Å². The first-order chi connectivity index (χ1) is 14.8. The minimum absolute atomic E-state index is 0.169. The summed E-state index contributed by atoms with van der Waals surface area (Å²) in [5.74, 6) is 1.05. The summed E-state index contributed by atoms with van der Waals surface area (Å²) >= 11 is 0. The molecule has 0 aromatic heterocycles. The summed E-state index contributed by atoms with van der Waals surface area (Å²) < 4.78 is 32.9. The number of carbonyl (C=O) groups is 1. The van der Waals surface area contributed by atoms with Gasteiger partial charge in [-0.15, -0.1) is 0 Å². The van der Waals surface area contributed by atoms with Gasteiger partial charge >= 0.3 is 0 Å². The Morgan fingerprint density at radius 1 is 1.19 bits per heavy atom. The lowest BCUT2D eigenvalue weighted by molar-refractivity contribution is 0.0935. The Morgan fingerprint density at radius 3 is 2.52 bits per heavy atom. The minimum atomic E-state index is -3.60. The Labute approximate surface area is 185 Å². The molecule has 1 fully saturated rings. The van der Waals surface area contributed by atoms with Crippen molar-refractivity contribution in [2.24, 2.45) is 5.92 Å². The SMILES string of the molecule is CC[C@@H](NC(=O)c1cccc(S(=O)(=O)N2CCC(C)CC2)c1)c1ccc(OC)c(C)c1. The number of hydrogen-bond acceptors (Lipinski definition) is 4. The van der Waals surface area contributed by atoms with Crippen molar-refractivity contribution in [3.05, 3.63) is 59.2 Å². The molecule has 2 aromatic carbocycles. The summed E-state index contributed by atoms with van der Waals surface area (Å²) in [6, 6.07) is 12.0. The smallest absolute Gasteiger partial charge is 0.251 e. The summed E-state index contributed by atoms with van der Waals surface area (Å²) in [4.78, 5) is 13.1. The Bertz CT molecular complexity index is 1030. The lowest BCUT2D eigenvalue weighted by Crippen LogP contribution is -2.38. The van der Waals surface area contributed by atoms with Crippen molar-refractivity contribution >= 4 is 15.9 Å². The van der Waals surface area contributed by atoms with E-state index in [2.05, 4.69) is 12.2 Å². The highest BCUT2D eigenvalue weighted by Gasteiger charge is 2.28. The molecule has 168 valence electrons. The molecule has 0 spiro atoms. The zero-order chi connectivity index (χ0) is 22.6. The molecule has 3 rings (SSSR count). The van der Waals surface area contributed by atoms with Gasteiger partial charge in [-0.3, -0.25) is 4.79 Å². The van der Waals surface area contributed by atoms with Crippen LogP contribution in [-0.4, -0.2) is 38.8 Å². The molecule has 0 radical (unpaired) electrons. The first-order valence-electron chi connectivity index (χ1n) is 10.8. The second kappa shape index (κ2) is 9.83. The average Bonchev–Trinajstić information content (AvgIpc) is 2.77. The Kier molecular flexibility index (Phi) is 7.38. The van der Waals surface area contributed by atoms with Crippen molar-refractivity contribution in [1.29, 1.82) is 0 Å². The summed E-state index contributed by atoms with van der Waals surface area (Å²) in [5.41, 5.74) is 2.33. The molecule has 1 atom stereocenters. The Balaban J connectivity index is 1.78. The van der Waals surface area contributed by atoms with Crippen molar-refractivity contribution in [1.82, 2.24) is 9.62 Å². The third-order valence-corrected chi connectivity index (χ3v) is 7.91. The molecule has 1 aliphatic rings. The third kappa shape index (κ3) is 5.28. The van der Waals surface area contributed by atoms with E-state index in [0.29, 0.717) is 31.0 Å². The van der Waals surface area contributed by atoms with E-state index in [0.717, 1.165) is 29.7 Å². The van der Waals surface area contributed by atoms with Crippen molar-refractivity contribution in [2.45, 2.75) is 51.0 Å². The molecule has 7 heteroatoms. The van der Waals surface area contributed by atoms with Crippen molar-refractivity contribution in [3.63, 3.8) is 0 Å². The first kappa shape index (κ1) is 23.3. The van der Waals surface area contributed by atoms with Gasteiger partial charge in [0.2, 0.25) is 10.0 Å². The number of aryl methyl sites for hydroxylation is 1. The lowest BCUT2D eigenvalue weighted by atomic mass is 10.0. The highest BCUT2D eigenvalue weighted by molar-refractivity contribution is 7.89. The van der Waals surface area contributed by atoms with Gasteiger partial charge in [0.05, 0.1) is 18.0 Å². The van der Waals surface area contributed by atoms with Crippen LogP contribution >= 0.6 is 0 Å². The molecule has 2 aromatic rings. The molecule has 1 saturated heterocycles. The molecule has 1 amide bonds. The van der Waals surface area contributed by atoms with E-state index in [1.165, 1.54) is 10.4 Å². The van der Waals surface area contributed by atoms with Crippen LogP contribution < -0.4 is 10.1 Å². The molecule has 31 heavy (non-hydrogen) atoms. The summed E-state index contributed by atoms with van der Waals surface area (Å²) in [7, 11) is -1.97. The van der Waals surface area contributed by atoms with E-state index in [9.17, 15) is 13.2 Å². The largest absolute Gasteiger partial charge is 0.496 e. The number of rotatable bonds is 7. The van der Waals surface area contributed by atoms with E-state index in [1.54, 1.807) is 25.3 Å². The molecular weight excluding hydrogens is 412 g/mol. The van der Waals surface area contributed by atoms with Crippen LogP contribution in [0.1, 0.15) is 60.6 Å². The zero-order valence-electron chi connectivity index (χ0n) is 18.7. The van der Waals surface area contributed by atoms with Gasteiger partial charge in [-0.25, -0.2) is 8.42 Å². The van der Waals surface area contributed by atoms with Gasteiger partial charge in [-0.05, 0) is 67.5 Å². The summed E-state index contributed by atoms with van der Waals surface area (Å²) in [6.07, 6.45) is 2.43. The number of ether oxygens (including phenoxy) is 1. The van der Waals surface area contributed by atoms with E-state index < -0.39 is 10.0 Å². The number of piperidine rings is 1. The molecule has 6 nitrogen and oxygen atoms in total. The summed E-state index contributed by atoms with van der Waals surface area (Å²) in [6.45, 7) is 7.15. The van der Waals surface area contributed by atoms with Crippen LogP contribution in [0.5, 0.6) is 5.75 Å². The van der Waals surface area contributed by atoms with Crippen LogP contribution in [-0.2, 0) is 10.0 Å². The number of nitrogens with zero attached hydrogens (tertiary/aromatic N) is 1. The zero-order valence-corrected chi connectivity index (χ0v) is 19.5. The maximum atomic E-state index is 13.0. The summed E-state index contributed by atoms with van der Waals surface area (Å²) in [5, 5.41) is 3.04. The monoisotopic (exact) mass is 444 g/mol. The Morgan fingerprint density at radius 2 is 1.90 bits per heavy atom. The van der Waals surface area contributed by atoms with Crippen LogP contribution in [0.25, 0.3) is 0 Å². The van der Waals surface area contributed by atoms with E-state index in [4.69, 9.17) is 4.74 Å². The van der Waals surface area contributed by atoms with E-state index in [-0.39, 0.29) is 16.8 Å². The fourth-order valence-electron chi connectivity index (χ4n) is 3.95. The second-order valence-electron chi connectivity index (χ2n) is 8.28. The van der Waals surface area contributed by atoms with Crippen LogP contribution in [0.3, 0.4) is 0 Å². The van der Waals surface area contributed by atoms with Gasteiger partial charge in [0.25, 0.3) is 5.91 Å². The maximum absolute atomic E-state index is 13.0. The highest BCUT2D eigenvalue weighted by atomic mass is 32.2. The number of methoxy groups -OCH3 is 1. The van der Waals surface area contributed by atoms with Gasteiger partial charge < -0.3 is 10.1 Å². The number of carbonyl (C=O) groups excluding carboxylic acids is 1. The second-order valence-corrected chi connectivity index (χ2v) is 10.2. The van der Waals surface area contributed by atoms with Crippen molar-refractivity contribution in [2.75, 3.05) is 20.2 Å². The highest BCUT2D eigenvalue weighted by Crippen LogP contribution is 2.26. The van der Waals surface area contributed by atoms with Crippen molar-refractivity contribution in [3.8, 4) is 5.75 Å². The van der Waals surface area contributed by atoms with Gasteiger partial charge in [0.1, 0.15) is 5.75 Å².